The fraction of sp³-hybridized carbons (Fsp3) is 0.154. The van der Waals surface area contributed by atoms with E-state index < -0.39 is 0 Å². The van der Waals surface area contributed by atoms with Gasteiger partial charge in [-0.3, -0.25) is 4.79 Å². The third-order valence-corrected chi connectivity index (χ3v) is 2.93. The van der Waals surface area contributed by atoms with Gasteiger partial charge in [0.2, 0.25) is 0 Å². The number of fused-ring (bicyclic) bond motifs is 1. The summed E-state index contributed by atoms with van der Waals surface area (Å²) >= 11 is 3.40. The van der Waals surface area contributed by atoms with Crippen molar-refractivity contribution in [2.75, 3.05) is 0 Å². The van der Waals surface area contributed by atoms with Crippen molar-refractivity contribution >= 4 is 32.7 Å². The summed E-state index contributed by atoms with van der Waals surface area (Å²) in [5.41, 5.74) is 0. The molecule has 2 aromatic carbocycles. The number of halogens is 1. The molecule has 0 aromatic heterocycles. The van der Waals surface area contributed by atoms with Crippen LogP contribution in [0.5, 0.6) is 5.75 Å². The van der Waals surface area contributed by atoms with Gasteiger partial charge in [0.05, 0.1) is 4.47 Å². The van der Waals surface area contributed by atoms with Gasteiger partial charge in [-0.15, -0.1) is 0 Å². The molecule has 2 rings (SSSR count). The summed E-state index contributed by atoms with van der Waals surface area (Å²) in [4.78, 5) is 11.2. The van der Waals surface area contributed by atoms with Gasteiger partial charge in [-0.05, 0) is 38.8 Å². The topological polar surface area (TPSA) is 26.3 Å². The Morgan fingerprint density at radius 2 is 1.88 bits per heavy atom. The highest BCUT2D eigenvalue weighted by Crippen LogP contribution is 2.30. The van der Waals surface area contributed by atoms with Crippen LogP contribution in [0.25, 0.3) is 10.8 Å². The van der Waals surface area contributed by atoms with Gasteiger partial charge in [0.25, 0.3) is 0 Å². The monoisotopic (exact) mass is 278 g/mol. The Hall–Kier alpha value is -1.35. The number of esters is 1. The average molecular weight is 279 g/mol. The minimum Gasteiger partial charge on any atom is -0.425 e. The van der Waals surface area contributed by atoms with E-state index >= 15 is 0 Å². The van der Waals surface area contributed by atoms with Crippen LogP contribution < -0.4 is 4.74 Å². The fourth-order valence-electron chi connectivity index (χ4n) is 1.46. The van der Waals surface area contributed by atoms with E-state index in [0.717, 1.165) is 15.2 Å². The Morgan fingerprint density at radius 1 is 1.25 bits per heavy atom. The van der Waals surface area contributed by atoms with Crippen LogP contribution in [-0.4, -0.2) is 5.97 Å². The number of hydrogen-bond donors (Lipinski definition) is 0. The first kappa shape index (κ1) is 11.1. The van der Waals surface area contributed by atoms with Crippen molar-refractivity contribution < 1.29 is 9.53 Å². The molecular weight excluding hydrogens is 268 g/mol. The molecule has 0 radical (unpaired) electrons. The van der Waals surface area contributed by atoms with Gasteiger partial charge in [0.15, 0.2) is 0 Å². The summed E-state index contributed by atoms with van der Waals surface area (Å²) in [5.74, 6) is 0.349. The SMILES string of the molecule is CCC(=O)Oc1cc2ccccc2cc1Br. The van der Waals surface area contributed by atoms with Gasteiger partial charge in [-0.2, -0.15) is 0 Å². The first-order valence-corrected chi connectivity index (χ1v) is 5.89. The van der Waals surface area contributed by atoms with Crippen molar-refractivity contribution in [1.82, 2.24) is 0 Å². The highest BCUT2D eigenvalue weighted by Gasteiger charge is 2.07. The van der Waals surface area contributed by atoms with E-state index in [-0.39, 0.29) is 5.97 Å². The summed E-state index contributed by atoms with van der Waals surface area (Å²) in [6, 6.07) is 11.8. The van der Waals surface area contributed by atoms with E-state index in [9.17, 15) is 4.79 Å². The second kappa shape index (κ2) is 4.66. The Bertz CT molecular complexity index is 534. The fourth-order valence-corrected chi connectivity index (χ4v) is 1.91. The lowest BCUT2D eigenvalue weighted by atomic mass is 10.1. The molecule has 0 saturated carbocycles. The number of rotatable bonds is 2. The van der Waals surface area contributed by atoms with Crippen LogP contribution in [0.2, 0.25) is 0 Å². The average Bonchev–Trinajstić information content (AvgIpc) is 2.30. The zero-order valence-corrected chi connectivity index (χ0v) is 10.5. The van der Waals surface area contributed by atoms with Gasteiger partial charge in [0.1, 0.15) is 5.75 Å². The normalized spacial score (nSPS) is 10.4. The Balaban J connectivity index is 2.46. The van der Waals surface area contributed by atoms with E-state index in [0.29, 0.717) is 12.2 Å². The lowest BCUT2D eigenvalue weighted by Gasteiger charge is -2.07. The molecule has 16 heavy (non-hydrogen) atoms. The smallest absolute Gasteiger partial charge is 0.310 e. The molecule has 0 atom stereocenters. The third kappa shape index (κ3) is 2.25. The molecule has 0 N–H and O–H groups in total. The van der Waals surface area contributed by atoms with Crippen molar-refractivity contribution in [2.45, 2.75) is 13.3 Å². The minimum atomic E-state index is -0.226. The Kier molecular flexibility index (Phi) is 3.25. The Labute approximate surface area is 102 Å². The van der Waals surface area contributed by atoms with Crippen molar-refractivity contribution in [3.63, 3.8) is 0 Å². The lowest BCUT2D eigenvalue weighted by Crippen LogP contribution is -2.05. The van der Waals surface area contributed by atoms with E-state index in [2.05, 4.69) is 15.9 Å². The van der Waals surface area contributed by atoms with Crippen molar-refractivity contribution in [1.29, 1.82) is 0 Å². The second-order valence-electron chi connectivity index (χ2n) is 3.46. The quantitative estimate of drug-likeness (QED) is 0.615. The molecule has 0 aliphatic heterocycles. The highest BCUT2D eigenvalue weighted by molar-refractivity contribution is 9.10. The molecule has 0 aliphatic rings. The van der Waals surface area contributed by atoms with E-state index in [1.807, 2.05) is 36.4 Å². The number of carbonyl (C=O) groups is 1. The lowest BCUT2D eigenvalue weighted by molar-refractivity contribution is -0.134. The molecule has 0 fully saturated rings. The zero-order chi connectivity index (χ0) is 11.5. The van der Waals surface area contributed by atoms with Crippen molar-refractivity contribution in [2.24, 2.45) is 0 Å². The highest BCUT2D eigenvalue weighted by atomic mass is 79.9. The van der Waals surface area contributed by atoms with E-state index in [4.69, 9.17) is 4.74 Å². The molecule has 2 nitrogen and oxygen atoms in total. The van der Waals surface area contributed by atoms with Crippen molar-refractivity contribution in [3.05, 3.63) is 40.9 Å². The first-order chi connectivity index (χ1) is 7.70. The van der Waals surface area contributed by atoms with Crippen LogP contribution in [0.3, 0.4) is 0 Å². The molecule has 2 aromatic rings. The molecular formula is C13H11BrO2. The zero-order valence-electron chi connectivity index (χ0n) is 8.87. The van der Waals surface area contributed by atoms with Crippen LogP contribution in [0.1, 0.15) is 13.3 Å². The van der Waals surface area contributed by atoms with Crippen LogP contribution in [0.15, 0.2) is 40.9 Å². The third-order valence-electron chi connectivity index (χ3n) is 2.31. The Morgan fingerprint density at radius 3 is 2.50 bits per heavy atom. The molecule has 0 spiro atoms. The maximum absolute atomic E-state index is 11.2. The number of ether oxygens (including phenoxy) is 1. The van der Waals surface area contributed by atoms with Crippen molar-refractivity contribution in [3.8, 4) is 5.75 Å². The van der Waals surface area contributed by atoms with E-state index in [1.165, 1.54) is 0 Å². The maximum Gasteiger partial charge on any atom is 0.310 e. The van der Waals surface area contributed by atoms with Gasteiger partial charge in [-0.1, -0.05) is 31.2 Å². The van der Waals surface area contributed by atoms with Crippen LogP contribution in [0.4, 0.5) is 0 Å². The predicted octanol–water partition coefficient (Wildman–Crippen LogP) is 3.92. The molecule has 0 saturated heterocycles. The number of benzene rings is 2. The minimum absolute atomic E-state index is 0.226. The summed E-state index contributed by atoms with van der Waals surface area (Å²) in [5, 5.41) is 2.18. The van der Waals surface area contributed by atoms with E-state index in [1.54, 1.807) is 6.92 Å². The first-order valence-electron chi connectivity index (χ1n) is 5.09. The largest absolute Gasteiger partial charge is 0.425 e. The maximum atomic E-state index is 11.2. The molecule has 0 bridgehead atoms. The number of carbonyl (C=O) groups excluding carboxylic acids is 1. The summed E-state index contributed by atoms with van der Waals surface area (Å²) < 4.78 is 6.02. The van der Waals surface area contributed by atoms with Crippen LogP contribution in [-0.2, 0) is 4.79 Å². The molecule has 0 heterocycles. The van der Waals surface area contributed by atoms with Gasteiger partial charge in [-0.25, -0.2) is 0 Å². The van der Waals surface area contributed by atoms with Gasteiger partial charge in [0, 0.05) is 6.42 Å². The molecule has 3 heteroatoms. The molecule has 0 unspecified atom stereocenters. The molecule has 82 valence electrons. The predicted molar refractivity (Wildman–Crippen MR) is 67.6 cm³/mol. The number of hydrogen-bond acceptors (Lipinski definition) is 2. The second-order valence-corrected chi connectivity index (χ2v) is 4.31. The standard InChI is InChI=1S/C13H11BrO2/c1-2-13(15)16-12-8-10-6-4-3-5-9(10)7-11(12)14/h3-8H,2H2,1H3. The van der Waals surface area contributed by atoms with Gasteiger partial charge < -0.3 is 4.74 Å². The van der Waals surface area contributed by atoms with Gasteiger partial charge >= 0.3 is 5.97 Å². The summed E-state index contributed by atoms with van der Waals surface area (Å²) in [7, 11) is 0. The molecule has 0 amide bonds. The van der Waals surface area contributed by atoms with Crippen LogP contribution >= 0.6 is 15.9 Å². The van der Waals surface area contributed by atoms with Crippen LogP contribution in [0, 0.1) is 0 Å². The summed E-state index contributed by atoms with van der Waals surface area (Å²) in [6.45, 7) is 1.78. The molecule has 0 aliphatic carbocycles. The summed E-state index contributed by atoms with van der Waals surface area (Å²) in [6.07, 6.45) is 0.374.